The summed E-state index contributed by atoms with van der Waals surface area (Å²) in [4.78, 5) is 1.39. The molecule has 3 heteroatoms. The van der Waals surface area contributed by atoms with Crippen molar-refractivity contribution in [3.05, 3.63) is 48.2 Å². The van der Waals surface area contributed by atoms with Gasteiger partial charge in [-0.1, -0.05) is 36.4 Å². The van der Waals surface area contributed by atoms with Crippen molar-refractivity contribution >= 4 is 22.5 Å². The Bertz CT molecular complexity index is 758. The van der Waals surface area contributed by atoms with Crippen molar-refractivity contribution in [2.75, 3.05) is 0 Å². The first-order valence-electron chi connectivity index (χ1n) is 6.00. The van der Waals surface area contributed by atoms with Crippen LogP contribution in [0.15, 0.2) is 47.5 Å². The van der Waals surface area contributed by atoms with E-state index in [1.807, 2.05) is 29.7 Å². The van der Waals surface area contributed by atoms with Crippen LogP contribution in [-0.4, -0.2) is 9.78 Å². The first-order chi connectivity index (χ1) is 8.84. The predicted molar refractivity (Wildman–Crippen MR) is 75.7 cm³/mol. The molecule has 0 saturated heterocycles. The van der Waals surface area contributed by atoms with Crippen LogP contribution in [0.4, 0.5) is 0 Å². The molecule has 0 saturated carbocycles. The zero-order valence-corrected chi connectivity index (χ0v) is 10.9. The van der Waals surface area contributed by atoms with Crippen LogP contribution >= 0.6 is 11.8 Å². The molecule has 0 atom stereocenters. The zero-order chi connectivity index (χ0) is 12.1. The van der Waals surface area contributed by atoms with Gasteiger partial charge in [0.25, 0.3) is 0 Å². The molecular formula is C15H12N2S. The lowest BCUT2D eigenvalue weighted by molar-refractivity contribution is 0.774. The second kappa shape index (κ2) is 3.62. The molecule has 2 aromatic carbocycles. The Morgan fingerprint density at radius 3 is 3.00 bits per heavy atom. The van der Waals surface area contributed by atoms with E-state index in [0.717, 1.165) is 5.75 Å². The quantitative estimate of drug-likeness (QED) is 0.605. The summed E-state index contributed by atoms with van der Waals surface area (Å²) in [7, 11) is 2.02. The first kappa shape index (κ1) is 10.2. The summed E-state index contributed by atoms with van der Waals surface area (Å²) < 4.78 is 1.99. The second-order valence-electron chi connectivity index (χ2n) is 4.59. The van der Waals surface area contributed by atoms with Crippen LogP contribution < -0.4 is 0 Å². The van der Waals surface area contributed by atoms with Crippen molar-refractivity contribution in [1.29, 1.82) is 0 Å². The number of aromatic nitrogens is 2. The van der Waals surface area contributed by atoms with E-state index in [2.05, 4.69) is 41.5 Å². The van der Waals surface area contributed by atoms with Gasteiger partial charge < -0.3 is 0 Å². The molecule has 0 spiro atoms. The lowest BCUT2D eigenvalue weighted by Gasteiger charge is -2.18. The molecule has 0 unspecified atom stereocenters. The summed E-state index contributed by atoms with van der Waals surface area (Å²) in [5.74, 6) is 1.02. The van der Waals surface area contributed by atoms with Gasteiger partial charge in [-0.3, -0.25) is 4.68 Å². The molecule has 0 radical (unpaired) electrons. The van der Waals surface area contributed by atoms with Gasteiger partial charge >= 0.3 is 0 Å². The zero-order valence-electron chi connectivity index (χ0n) is 10.1. The van der Waals surface area contributed by atoms with Crippen LogP contribution in [-0.2, 0) is 12.8 Å². The summed E-state index contributed by atoms with van der Waals surface area (Å²) in [6.45, 7) is 0. The number of benzene rings is 2. The fourth-order valence-electron chi connectivity index (χ4n) is 2.67. The van der Waals surface area contributed by atoms with Crippen LogP contribution in [0.25, 0.3) is 22.0 Å². The Balaban J connectivity index is 2.11. The molecule has 1 aliphatic heterocycles. The van der Waals surface area contributed by atoms with Gasteiger partial charge in [0.1, 0.15) is 0 Å². The summed E-state index contributed by atoms with van der Waals surface area (Å²) >= 11 is 1.92. The third-order valence-electron chi connectivity index (χ3n) is 3.52. The maximum Gasteiger partial charge on any atom is 0.0730 e. The van der Waals surface area contributed by atoms with E-state index in [4.69, 9.17) is 0 Å². The molecule has 4 rings (SSSR count). The van der Waals surface area contributed by atoms with Crippen LogP contribution in [0.3, 0.4) is 0 Å². The van der Waals surface area contributed by atoms with Crippen molar-refractivity contribution in [1.82, 2.24) is 9.78 Å². The number of hydrogen-bond acceptors (Lipinski definition) is 2. The predicted octanol–water partition coefficient (Wildman–Crippen LogP) is 3.85. The Morgan fingerprint density at radius 2 is 2.06 bits per heavy atom. The average Bonchev–Trinajstić information content (AvgIpc) is 2.80. The van der Waals surface area contributed by atoms with Gasteiger partial charge in [-0.2, -0.15) is 5.10 Å². The minimum atomic E-state index is 1.02. The molecule has 0 bridgehead atoms. The van der Waals surface area contributed by atoms with E-state index in [1.165, 1.54) is 32.5 Å². The highest BCUT2D eigenvalue weighted by atomic mass is 32.2. The van der Waals surface area contributed by atoms with Gasteiger partial charge in [0, 0.05) is 28.8 Å². The van der Waals surface area contributed by atoms with Crippen LogP contribution in [0.1, 0.15) is 5.56 Å². The van der Waals surface area contributed by atoms with Gasteiger partial charge in [-0.05, 0) is 10.8 Å². The molecule has 0 amide bonds. The second-order valence-corrected chi connectivity index (χ2v) is 5.58. The third kappa shape index (κ3) is 1.28. The Morgan fingerprint density at radius 1 is 1.17 bits per heavy atom. The van der Waals surface area contributed by atoms with Gasteiger partial charge in [-0.15, -0.1) is 11.8 Å². The van der Waals surface area contributed by atoms with Crippen molar-refractivity contribution in [2.24, 2.45) is 7.05 Å². The van der Waals surface area contributed by atoms with Gasteiger partial charge in [0.05, 0.1) is 11.9 Å². The first-order valence-corrected chi connectivity index (χ1v) is 6.99. The standard InChI is InChI=1S/C15H12N2S/c1-17-14-11(8-16-17)9-18-15-12-5-3-2-4-10(12)6-7-13(14)15/h2-8H,9H2,1H3. The van der Waals surface area contributed by atoms with E-state index in [-0.39, 0.29) is 0 Å². The van der Waals surface area contributed by atoms with Crippen LogP contribution in [0.5, 0.6) is 0 Å². The molecule has 2 heterocycles. The summed E-state index contributed by atoms with van der Waals surface area (Å²) in [6.07, 6.45) is 1.99. The molecular weight excluding hydrogens is 240 g/mol. The largest absolute Gasteiger partial charge is 0.268 e. The monoisotopic (exact) mass is 252 g/mol. The maximum atomic E-state index is 4.38. The molecule has 0 fully saturated rings. The van der Waals surface area contributed by atoms with Crippen molar-refractivity contribution < 1.29 is 0 Å². The highest BCUT2D eigenvalue weighted by molar-refractivity contribution is 7.99. The van der Waals surface area contributed by atoms with Crippen molar-refractivity contribution in [2.45, 2.75) is 10.6 Å². The Kier molecular flexibility index (Phi) is 2.06. The summed E-state index contributed by atoms with van der Waals surface area (Å²) in [5.41, 5.74) is 3.93. The fourth-order valence-corrected chi connectivity index (χ4v) is 3.84. The minimum absolute atomic E-state index is 1.02. The minimum Gasteiger partial charge on any atom is -0.268 e. The Hall–Kier alpha value is -1.74. The lowest BCUT2D eigenvalue weighted by Crippen LogP contribution is -2.00. The molecule has 1 aromatic heterocycles. The smallest absolute Gasteiger partial charge is 0.0730 e. The number of aryl methyl sites for hydroxylation is 1. The average molecular weight is 252 g/mol. The molecule has 18 heavy (non-hydrogen) atoms. The van der Waals surface area contributed by atoms with Gasteiger partial charge in [0.2, 0.25) is 0 Å². The number of fused-ring (bicyclic) bond motifs is 5. The number of rotatable bonds is 0. The van der Waals surface area contributed by atoms with E-state index >= 15 is 0 Å². The molecule has 2 nitrogen and oxygen atoms in total. The van der Waals surface area contributed by atoms with Crippen molar-refractivity contribution in [3.8, 4) is 11.3 Å². The summed E-state index contributed by atoms with van der Waals surface area (Å²) in [6, 6.07) is 13.0. The molecule has 0 aliphatic carbocycles. The van der Waals surface area contributed by atoms with Crippen LogP contribution in [0, 0.1) is 0 Å². The molecule has 88 valence electrons. The van der Waals surface area contributed by atoms with E-state index in [9.17, 15) is 0 Å². The SMILES string of the molecule is Cn1ncc2c1-c1ccc3ccccc3c1SC2. The highest BCUT2D eigenvalue weighted by Gasteiger charge is 2.21. The third-order valence-corrected chi connectivity index (χ3v) is 4.71. The molecule has 3 aromatic rings. The van der Waals surface area contributed by atoms with Crippen molar-refractivity contribution in [3.63, 3.8) is 0 Å². The maximum absolute atomic E-state index is 4.38. The lowest BCUT2D eigenvalue weighted by atomic mass is 10.0. The highest BCUT2D eigenvalue weighted by Crippen LogP contribution is 2.44. The van der Waals surface area contributed by atoms with Gasteiger partial charge in [0.15, 0.2) is 0 Å². The number of thioether (sulfide) groups is 1. The number of nitrogens with zero attached hydrogens (tertiary/aromatic N) is 2. The summed E-state index contributed by atoms with van der Waals surface area (Å²) in [5, 5.41) is 7.05. The topological polar surface area (TPSA) is 17.8 Å². The fraction of sp³-hybridized carbons (Fsp3) is 0.133. The molecule has 0 N–H and O–H groups in total. The van der Waals surface area contributed by atoms with Gasteiger partial charge in [-0.25, -0.2) is 0 Å². The van der Waals surface area contributed by atoms with E-state index in [0.29, 0.717) is 0 Å². The van der Waals surface area contributed by atoms with Crippen LogP contribution in [0.2, 0.25) is 0 Å². The van der Waals surface area contributed by atoms with E-state index in [1.54, 1.807) is 0 Å². The molecule has 1 aliphatic rings. The van der Waals surface area contributed by atoms with E-state index < -0.39 is 0 Å². The normalized spacial score (nSPS) is 13.4. The Labute approximate surface area is 110 Å². The number of hydrogen-bond donors (Lipinski definition) is 0.